The minimum atomic E-state index is -4.37. The van der Waals surface area contributed by atoms with Crippen LogP contribution in [0, 0.1) is 27.2 Å². The molecule has 0 fully saturated rings. The molecule has 4 aromatic rings. The van der Waals surface area contributed by atoms with Gasteiger partial charge in [0, 0.05) is 36.3 Å². The molecule has 14 heteroatoms. The zero-order valence-electron chi connectivity index (χ0n) is 17.9. The molecule has 0 saturated carbocycles. The Morgan fingerprint density at radius 2 is 1.54 bits per heavy atom. The van der Waals surface area contributed by atoms with Crippen LogP contribution in [0.2, 0.25) is 0 Å². The highest BCUT2D eigenvalue weighted by atomic mass is 32.2. The summed E-state index contributed by atoms with van der Waals surface area (Å²) in [5, 5.41) is 22.5. The smallest absolute Gasteiger partial charge is 0.280 e. The van der Waals surface area contributed by atoms with Crippen molar-refractivity contribution in [2.75, 3.05) is 4.72 Å². The summed E-state index contributed by atoms with van der Waals surface area (Å²) in [5.74, 6) is 1.20. The van der Waals surface area contributed by atoms with E-state index in [4.69, 9.17) is 4.74 Å². The highest BCUT2D eigenvalue weighted by molar-refractivity contribution is 7.92. The fraction of sp³-hybridized carbons (Fsp3) is 0.0476. The molecule has 0 bridgehead atoms. The fourth-order valence-corrected chi connectivity index (χ4v) is 4.23. The van der Waals surface area contributed by atoms with Crippen LogP contribution in [0.1, 0.15) is 5.56 Å². The monoisotopic (exact) mass is 496 g/mol. The summed E-state index contributed by atoms with van der Waals surface area (Å²) in [6.45, 7) is 1.18. The van der Waals surface area contributed by atoms with Crippen molar-refractivity contribution in [2.45, 2.75) is 11.8 Å². The topological polar surface area (TPSA) is 172 Å². The summed E-state index contributed by atoms with van der Waals surface area (Å²) >= 11 is 0. The Labute approximate surface area is 198 Å². The number of hydrogen-bond acceptors (Lipinski definition) is 9. The summed E-state index contributed by atoms with van der Waals surface area (Å²) in [7, 11) is -4.37. The third-order valence-corrected chi connectivity index (χ3v) is 6.22. The van der Waals surface area contributed by atoms with Crippen molar-refractivity contribution in [1.82, 2.24) is 14.5 Å². The van der Waals surface area contributed by atoms with Gasteiger partial charge in [-0.3, -0.25) is 25.0 Å². The van der Waals surface area contributed by atoms with Crippen LogP contribution in [0.4, 0.5) is 17.1 Å². The van der Waals surface area contributed by atoms with Gasteiger partial charge in [0.25, 0.3) is 21.4 Å². The van der Waals surface area contributed by atoms with Gasteiger partial charge in [-0.1, -0.05) is 0 Å². The van der Waals surface area contributed by atoms with E-state index < -0.39 is 36.1 Å². The molecule has 0 unspecified atom stereocenters. The first-order valence-corrected chi connectivity index (χ1v) is 11.3. The third kappa shape index (κ3) is 5.06. The standard InChI is InChI=1S/C21H16N6O7S/c1-14-18(26(28)29)10-17(11-19(14)27(30)31)35(32,33)24-15-4-6-16(7-5-15)34-21-12-20(22-13-23-21)25-8-2-3-9-25/h2-13,24H,1H3. The van der Waals surface area contributed by atoms with Gasteiger partial charge >= 0.3 is 0 Å². The minimum absolute atomic E-state index is 0.110. The molecular weight excluding hydrogens is 480 g/mol. The lowest BCUT2D eigenvalue weighted by Gasteiger charge is -2.10. The number of rotatable bonds is 8. The maximum absolute atomic E-state index is 12.8. The number of aromatic nitrogens is 3. The maximum atomic E-state index is 12.8. The van der Waals surface area contributed by atoms with E-state index in [1.807, 2.05) is 24.5 Å². The molecule has 0 atom stereocenters. The van der Waals surface area contributed by atoms with Crippen LogP contribution in [-0.2, 0) is 10.0 Å². The van der Waals surface area contributed by atoms with E-state index >= 15 is 0 Å². The molecule has 2 aromatic carbocycles. The number of benzene rings is 2. The van der Waals surface area contributed by atoms with Crippen LogP contribution >= 0.6 is 0 Å². The lowest BCUT2D eigenvalue weighted by atomic mass is 10.1. The van der Waals surface area contributed by atoms with E-state index in [-0.39, 0.29) is 17.1 Å². The zero-order chi connectivity index (χ0) is 25.2. The highest BCUT2D eigenvalue weighted by Gasteiger charge is 2.28. The molecule has 1 N–H and O–H groups in total. The molecule has 178 valence electrons. The van der Waals surface area contributed by atoms with Gasteiger partial charge in [-0.05, 0) is 43.3 Å². The quantitative estimate of drug-likeness (QED) is 0.279. The van der Waals surface area contributed by atoms with Crippen molar-refractivity contribution in [1.29, 1.82) is 0 Å². The minimum Gasteiger partial charge on any atom is -0.439 e. The Morgan fingerprint density at radius 1 is 0.943 bits per heavy atom. The predicted molar refractivity (Wildman–Crippen MR) is 123 cm³/mol. The second-order valence-corrected chi connectivity index (χ2v) is 8.82. The molecule has 2 heterocycles. The molecule has 0 spiro atoms. The van der Waals surface area contributed by atoms with Crippen LogP contribution in [0.25, 0.3) is 5.82 Å². The molecule has 0 amide bonds. The lowest BCUT2D eigenvalue weighted by Crippen LogP contribution is -2.14. The number of hydrogen-bond donors (Lipinski definition) is 1. The molecule has 2 aromatic heterocycles. The number of nitrogens with one attached hydrogen (secondary N) is 1. The average Bonchev–Trinajstić information content (AvgIpc) is 3.35. The van der Waals surface area contributed by atoms with E-state index in [0.717, 1.165) is 12.1 Å². The number of nitro benzene ring substituents is 2. The summed E-state index contributed by atoms with van der Waals surface area (Å²) in [5.41, 5.74) is -1.48. The number of sulfonamides is 1. The van der Waals surface area contributed by atoms with Gasteiger partial charge in [0.2, 0.25) is 5.88 Å². The Bertz CT molecular complexity index is 1490. The van der Waals surface area contributed by atoms with Gasteiger partial charge in [-0.2, -0.15) is 0 Å². The SMILES string of the molecule is Cc1c([N+](=O)[O-])cc(S(=O)(=O)Nc2ccc(Oc3cc(-n4cccc4)ncn3)cc2)cc1[N+](=O)[O-]. The highest BCUT2D eigenvalue weighted by Crippen LogP contribution is 2.32. The summed E-state index contributed by atoms with van der Waals surface area (Å²) in [6, 6.07) is 12.6. The summed E-state index contributed by atoms with van der Waals surface area (Å²) in [4.78, 5) is 28.4. The largest absolute Gasteiger partial charge is 0.439 e. The molecular formula is C21H16N6O7S. The first-order chi connectivity index (χ1) is 16.6. The Hall–Kier alpha value is -4.85. The summed E-state index contributed by atoms with van der Waals surface area (Å²) in [6.07, 6.45) is 4.96. The molecule has 0 radical (unpaired) electrons. The van der Waals surface area contributed by atoms with Crippen molar-refractivity contribution in [3.63, 3.8) is 0 Å². The molecule has 0 aliphatic carbocycles. The maximum Gasteiger partial charge on any atom is 0.280 e. The van der Waals surface area contributed by atoms with Crippen LogP contribution in [0.3, 0.4) is 0 Å². The summed E-state index contributed by atoms with van der Waals surface area (Å²) < 4.78 is 35.3. The van der Waals surface area contributed by atoms with E-state index in [2.05, 4.69) is 14.7 Å². The number of nitrogens with zero attached hydrogens (tertiary/aromatic N) is 5. The van der Waals surface area contributed by atoms with Crippen molar-refractivity contribution >= 4 is 27.1 Å². The lowest BCUT2D eigenvalue weighted by molar-refractivity contribution is -0.395. The molecule has 13 nitrogen and oxygen atoms in total. The van der Waals surface area contributed by atoms with Gasteiger partial charge < -0.3 is 9.30 Å². The van der Waals surface area contributed by atoms with Crippen molar-refractivity contribution in [3.05, 3.63) is 99.1 Å². The molecule has 0 aliphatic heterocycles. The Balaban J connectivity index is 1.54. The number of anilines is 1. The fourth-order valence-electron chi connectivity index (χ4n) is 3.13. The van der Waals surface area contributed by atoms with Crippen LogP contribution in [-0.4, -0.2) is 32.8 Å². The predicted octanol–water partition coefficient (Wildman–Crippen LogP) is 3.99. The number of nitro groups is 2. The normalized spacial score (nSPS) is 11.1. The Morgan fingerprint density at radius 3 is 2.11 bits per heavy atom. The second-order valence-electron chi connectivity index (χ2n) is 7.14. The van der Waals surface area contributed by atoms with Gasteiger partial charge in [0.15, 0.2) is 0 Å². The van der Waals surface area contributed by atoms with E-state index in [1.54, 1.807) is 10.6 Å². The van der Waals surface area contributed by atoms with Crippen LogP contribution < -0.4 is 9.46 Å². The van der Waals surface area contributed by atoms with Crippen molar-refractivity contribution in [3.8, 4) is 17.4 Å². The van der Waals surface area contributed by atoms with E-state index in [9.17, 15) is 28.6 Å². The van der Waals surface area contributed by atoms with Gasteiger partial charge in [0.1, 0.15) is 28.4 Å². The molecule has 35 heavy (non-hydrogen) atoms. The second kappa shape index (κ2) is 9.18. The molecule has 4 rings (SSSR count). The first-order valence-electron chi connectivity index (χ1n) is 9.83. The van der Waals surface area contributed by atoms with Gasteiger partial charge in [-0.15, -0.1) is 0 Å². The van der Waals surface area contributed by atoms with Crippen LogP contribution in [0.15, 0.2) is 78.2 Å². The molecule has 0 saturated heterocycles. The van der Waals surface area contributed by atoms with Crippen molar-refractivity contribution in [2.24, 2.45) is 0 Å². The van der Waals surface area contributed by atoms with Gasteiger partial charge in [0.05, 0.1) is 9.85 Å². The van der Waals surface area contributed by atoms with Crippen LogP contribution in [0.5, 0.6) is 11.6 Å². The van der Waals surface area contributed by atoms with Gasteiger partial charge in [-0.25, -0.2) is 18.4 Å². The zero-order valence-corrected chi connectivity index (χ0v) is 18.7. The first kappa shape index (κ1) is 23.3. The molecule has 0 aliphatic rings. The Kier molecular flexibility index (Phi) is 6.12. The van der Waals surface area contributed by atoms with E-state index in [1.165, 1.54) is 37.5 Å². The number of ether oxygens (including phenoxy) is 1. The third-order valence-electron chi connectivity index (χ3n) is 4.86. The van der Waals surface area contributed by atoms with Crippen molar-refractivity contribution < 1.29 is 23.0 Å². The average molecular weight is 496 g/mol. The van der Waals surface area contributed by atoms with E-state index in [0.29, 0.717) is 11.6 Å².